The molecule has 0 unspecified atom stereocenters. The first kappa shape index (κ1) is 14.8. The normalized spacial score (nSPS) is 17.7. The van der Waals surface area contributed by atoms with Gasteiger partial charge in [-0.3, -0.25) is 4.99 Å². The predicted molar refractivity (Wildman–Crippen MR) is 81.8 cm³/mol. The number of rotatable bonds is 5. The zero-order chi connectivity index (χ0) is 14.0. The largest absolute Gasteiger partial charge is 0.376 e. The van der Waals surface area contributed by atoms with E-state index < -0.39 is 0 Å². The molecular formula is C15H24N4O. The number of hydrogen-bond acceptors (Lipinski definition) is 3. The van der Waals surface area contributed by atoms with E-state index in [1.54, 1.807) is 6.20 Å². The number of anilines is 1. The molecule has 20 heavy (non-hydrogen) atoms. The van der Waals surface area contributed by atoms with Gasteiger partial charge in [-0.05, 0) is 25.0 Å². The quantitative estimate of drug-likeness (QED) is 0.375. The van der Waals surface area contributed by atoms with E-state index in [0.29, 0.717) is 31.0 Å². The maximum atomic E-state index is 5.86. The number of guanidine groups is 1. The SMILES string of the molecule is NC(=NCCOC1CCCCCC1)Nc1ccccn1. The Kier molecular flexibility index (Phi) is 6.31. The van der Waals surface area contributed by atoms with Gasteiger partial charge in [0.1, 0.15) is 5.82 Å². The molecule has 0 radical (unpaired) electrons. The molecule has 110 valence electrons. The number of nitrogens with one attached hydrogen (secondary N) is 1. The number of ether oxygens (including phenoxy) is 1. The van der Waals surface area contributed by atoms with Gasteiger partial charge < -0.3 is 15.8 Å². The average Bonchev–Trinajstić information content (AvgIpc) is 2.73. The zero-order valence-electron chi connectivity index (χ0n) is 11.9. The van der Waals surface area contributed by atoms with Crippen LogP contribution in [0.3, 0.4) is 0 Å². The third-order valence-corrected chi connectivity index (χ3v) is 3.45. The van der Waals surface area contributed by atoms with Crippen molar-refractivity contribution in [2.75, 3.05) is 18.5 Å². The van der Waals surface area contributed by atoms with Crippen LogP contribution >= 0.6 is 0 Å². The predicted octanol–water partition coefficient (Wildman–Crippen LogP) is 2.55. The van der Waals surface area contributed by atoms with Gasteiger partial charge in [0.15, 0.2) is 5.96 Å². The Hall–Kier alpha value is -1.62. The Labute approximate surface area is 120 Å². The van der Waals surface area contributed by atoms with E-state index in [2.05, 4.69) is 15.3 Å². The summed E-state index contributed by atoms with van der Waals surface area (Å²) in [6, 6.07) is 5.61. The van der Waals surface area contributed by atoms with Crippen LogP contribution in [0.2, 0.25) is 0 Å². The number of aromatic nitrogens is 1. The fraction of sp³-hybridized carbons (Fsp3) is 0.600. The van der Waals surface area contributed by atoms with E-state index in [9.17, 15) is 0 Å². The Morgan fingerprint density at radius 1 is 1.30 bits per heavy atom. The van der Waals surface area contributed by atoms with E-state index >= 15 is 0 Å². The fourth-order valence-corrected chi connectivity index (χ4v) is 2.40. The van der Waals surface area contributed by atoms with E-state index in [0.717, 1.165) is 0 Å². The third-order valence-electron chi connectivity index (χ3n) is 3.45. The van der Waals surface area contributed by atoms with Crippen molar-refractivity contribution < 1.29 is 4.74 Å². The van der Waals surface area contributed by atoms with Crippen molar-refractivity contribution >= 4 is 11.8 Å². The highest BCUT2D eigenvalue weighted by molar-refractivity contribution is 5.91. The van der Waals surface area contributed by atoms with Gasteiger partial charge in [0, 0.05) is 6.20 Å². The highest BCUT2D eigenvalue weighted by atomic mass is 16.5. The lowest BCUT2D eigenvalue weighted by Crippen LogP contribution is -2.24. The summed E-state index contributed by atoms with van der Waals surface area (Å²) in [5, 5.41) is 2.95. The molecule has 1 heterocycles. The molecule has 1 aromatic rings. The summed E-state index contributed by atoms with van der Waals surface area (Å²) in [5.41, 5.74) is 5.79. The Morgan fingerprint density at radius 3 is 2.80 bits per heavy atom. The van der Waals surface area contributed by atoms with Crippen LogP contribution < -0.4 is 11.1 Å². The van der Waals surface area contributed by atoms with Crippen LogP contribution in [0.4, 0.5) is 5.82 Å². The number of hydrogen-bond donors (Lipinski definition) is 2. The first-order chi connectivity index (χ1) is 9.84. The Morgan fingerprint density at radius 2 is 2.10 bits per heavy atom. The Balaban J connectivity index is 1.65. The van der Waals surface area contributed by atoms with Crippen LogP contribution in [0.15, 0.2) is 29.4 Å². The molecule has 1 aliphatic rings. The second kappa shape index (κ2) is 8.53. The topological polar surface area (TPSA) is 72.5 Å². The summed E-state index contributed by atoms with van der Waals surface area (Å²) in [5.74, 6) is 1.09. The zero-order valence-corrected chi connectivity index (χ0v) is 11.9. The van der Waals surface area contributed by atoms with Gasteiger partial charge in [-0.25, -0.2) is 4.98 Å². The summed E-state index contributed by atoms with van der Waals surface area (Å²) in [4.78, 5) is 8.37. The summed E-state index contributed by atoms with van der Waals surface area (Å²) in [6.45, 7) is 1.22. The lowest BCUT2D eigenvalue weighted by molar-refractivity contribution is 0.0487. The summed E-state index contributed by atoms with van der Waals surface area (Å²) in [6.07, 6.45) is 9.77. The first-order valence-corrected chi connectivity index (χ1v) is 7.44. The molecule has 1 aliphatic carbocycles. The van der Waals surface area contributed by atoms with Crippen molar-refractivity contribution in [1.82, 2.24) is 4.98 Å². The second-order valence-corrected chi connectivity index (χ2v) is 5.09. The van der Waals surface area contributed by atoms with Crippen LogP contribution in [-0.4, -0.2) is 30.2 Å². The molecule has 5 heteroatoms. The molecule has 0 bridgehead atoms. The van der Waals surface area contributed by atoms with Crippen LogP contribution in [0, 0.1) is 0 Å². The van der Waals surface area contributed by atoms with Crippen molar-refractivity contribution in [2.24, 2.45) is 10.7 Å². The molecule has 0 amide bonds. The monoisotopic (exact) mass is 276 g/mol. The van der Waals surface area contributed by atoms with Crippen molar-refractivity contribution in [2.45, 2.75) is 44.6 Å². The number of pyridine rings is 1. The van der Waals surface area contributed by atoms with Gasteiger partial charge in [0.05, 0.1) is 19.3 Å². The van der Waals surface area contributed by atoms with Crippen molar-refractivity contribution in [1.29, 1.82) is 0 Å². The Bertz CT molecular complexity index is 400. The molecule has 2 rings (SSSR count). The second-order valence-electron chi connectivity index (χ2n) is 5.09. The van der Waals surface area contributed by atoms with Crippen LogP contribution in [-0.2, 0) is 4.74 Å². The molecule has 0 aliphatic heterocycles. The maximum Gasteiger partial charge on any atom is 0.194 e. The number of nitrogens with zero attached hydrogens (tertiary/aromatic N) is 2. The van der Waals surface area contributed by atoms with Crippen LogP contribution in [0.1, 0.15) is 38.5 Å². The molecule has 0 spiro atoms. The average molecular weight is 276 g/mol. The van der Waals surface area contributed by atoms with E-state index in [-0.39, 0.29) is 0 Å². The van der Waals surface area contributed by atoms with Crippen molar-refractivity contribution in [3.8, 4) is 0 Å². The number of aliphatic imine (C=N–C) groups is 1. The molecule has 0 aromatic carbocycles. The summed E-state index contributed by atoms with van der Waals surface area (Å²) >= 11 is 0. The van der Waals surface area contributed by atoms with E-state index in [1.807, 2.05) is 18.2 Å². The lowest BCUT2D eigenvalue weighted by atomic mass is 10.1. The van der Waals surface area contributed by atoms with E-state index in [4.69, 9.17) is 10.5 Å². The minimum Gasteiger partial charge on any atom is -0.376 e. The van der Waals surface area contributed by atoms with E-state index in [1.165, 1.54) is 38.5 Å². The molecule has 0 saturated heterocycles. The van der Waals surface area contributed by atoms with Crippen molar-refractivity contribution in [3.05, 3.63) is 24.4 Å². The minimum atomic E-state index is 0.383. The van der Waals surface area contributed by atoms with Gasteiger partial charge in [0.25, 0.3) is 0 Å². The highest BCUT2D eigenvalue weighted by Crippen LogP contribution is 2.19. The molecule has 5 nitrogen and oxygen atoms in total. The molecule has 3 N–H and O–H groups in total. The van der Waals surface area contributed by atoms with Crippen LogP contribution in [0.25, 0.3) is 0 Å². The summed E-state index contributed by atoms with van der Waals surface area (Å²) < 4.78 is 5.86. The summed E-state index contributed by atoms with van der Waals surface area (Å²) in [7, 11) is 0. The van der Waals surface area contributed by atoms with Gasteiger partial charge in [0.2, 0.25) is 0 Å². The molecular weight excluding hydrogens is 252 g/mol. The van der Waals surface area contributed by atoms with Crippen molar-refractivity contribution in [3.63, 3.8) is 0 Å². The standard InChI is InChI=1S/C15H24N4O/c16-15(19-14-9-5-6-10-17-14)18-11-12-20-13-7-3-1-2-4-8-13/h5-6,9-10,13H,1-4,7-8,11-12H2,(H3,16,17,18,19). The molecule has 1 saturated carbocycles. The van der Waals surface area contributed by atoms with Gasteiger partial charge >= 0.3 is 0 Å². The lowest BCUT2D eigenvalue weighted by Gasteiger charge is -2.14. The van der Waals surface area contributed by atoms with Gasteiger partial charge in [-0.15, -0.1) is 0 Å². The maximum absolute atomic E-state index is 5.86. The smallest absolute Gasteiger partial charge is 0.194 e. The molecule has 1 fully saturated rings. The first-order valence-electron chi connectivity index (χ1n) is 7.44. The molecule has 0 atom stereocenters. The van der Waals surface area contributed by atoms with Gasteiger partial charge in [-0.2, -0.15) is 0 Å². The third kappa shape index (κ3) is 5.57. The minimum absolute atomic E-state index is 0.383. The molecule has 1 aromatic heterocycles. The highest BCUT2D eigenvalue weighted by Gasteiger charge is 2.11. The van der Waals surface area contributed by atoms with Crippen LogP contribution in [0.5, 0.6) is 0 Å². The number of nitrogens with two attached hydrogens (primary N) is 1. The fourth-order valence-electron chi connectivity index (χ4n) is 2.40. The van der Waals surface area contributed by atoms with Gasteiger partial charge in [-0.1, -0.05) is 31.7 Å².